The Morgan fingerprint density at radius 1 is 1.13 bits per heavy atom. The lowest BCUT2D eigenvalue weighted by Crippen LogP contribution is -2.49. The Balaban J connectivity index is 2.04. The van der Waals surface area contributed by atoms with Gasteiger partial charge in [0.05, 0.1) is 13.1 Å². The first kappa shape index (κ1) is 10.6. The van der Waals surface area contributed by atoms with E-state index in [0.29, 0.717) is 17.9 Å². The average molecular weight is 211 g/mol. The number of nitrogens with zero attached hydrogens (tertiary/aromatic N) is 1. The van der Waals surface area contributed by atoms with Crippen molar-refractivity contribution in [2.45, 2.75) is 32.7 Å². The van der Waals surface area contributed by atoms with Crippen molar-refractivity contribution in [1.29, 1.82) is 0 Å². The smallest absolute Gasteiger partial charge is 0.327 e. The van der Waals surface area contributed by atoms with Crippen molar-refractivity contribution in [2.24, 2.45) is 11.8 Å². The van der Waals surface area contributed by atoms with Gasteiger partial charge in [0.15, 0.2) is 0 Å². The van der Waals surface area contributed by atoms with Crippen LogP contribution < -0.4 is 0 Å². The molecule has 0 radical (unpaired) electrons. The molecule has 4 nitrogen and oxygen atoms in total. The Labute approximate surface area is 89.6 Å². The minimum atomic E-state index is -0.405. The summed E-state index contributed by atoms with van der Waals surface area (Å²) in [5, 5.41) is 0. The van der Waals surface area contributed by atoms with E-state index in [1.165, 1.54) is 6.42 Å². The van der Waals surface area contributed by atoms with Gasteiger partial charge in [-0.15, -0.1) is 0 Å². The summed E-state index contributed by atoms with van der Waals surface area (Å²) in [7, 11) is 0. The van der Waals surface area contributed by atoms with Gasteiger partial charge in [0.2, 0.25) is 0 Å². The molecule has 1 aliphatic carbocycles. The van der Waals surface area contributed by atoms with E-state index in [2.05, 4.69) is 18.6 Å². The molecule has 0 spiro atoms. The fourth-order valence-corrected chi connectivity index (χ4v) is 2.67. The van der Waals surface area contributed by atoms with Crippen molar-refractivity contribution < 1.29 is 14.3 Å². The molecular formula is C11H17NO3. The highest BCUT2D eigenvalue weighted by molar-refractivity contribution is 5.90. The molecule has 0 bridgehead atoms. The van der Waals surface area contributed by atoms with Crippen LogP contribution >= 0.6 is 0 Å². The van der Waals surface area contributed by atoms with Crippen molar-refractivity contribution in [2.75, 3.05) is 13.1 Å². The third kappa shape index (κ3) is 2.04. The normalized spacial score (nSPS) is 38.1. The summed E-state index contributed by atoms with van der Waals surface area (Å²) in [6.45, 7) is 4.97. The van der Waals surface area contributed by atoms with Gasteiger partial charge in [0.1, 0.15) is 0 Å². The van der Waals surface area contributed by atoms with Gasteiger partial charge in [0.25, 0.3) is 0 Å². The van der Waals surface area contributed by atoms with Crippen molar-refractivity contribution >= 4 is 11.9 Å². The second-order valence-corrected chi connectivity index (χ2v) is 4.73. The van der Waals surface area contributed by atoms with Crippen LogP contribution in [0.3, 0.4) is 0 Å². The van der Waals surface area contributed by atoms with E-state index < -0.39 is 11.9 Å². The largest absolute Gasteiger partial charge is 0.391 e. The van der Waals surface area contributed by atoms with Crippen LogP contribution in [0.1, 0.15) is 26.7 Å². The van der Waals surface area contributed by atoms with Crippen LogP contribution in [0.2, 0.25) is 0 Å². The van der Waals surface area contributed by atoms with E-state index in [1.54, 1.807) is 0 Å². The predicted molar refractivity (Wildman–Crippen MR) is 54.0 cm³/mol. The van der Waals surface area contributed by atoms with Gasteiger partial charge >= 0.3 is 11.9 Å². The molecule has 2 fully saturated rings. The van der Waals surface area contributed by atoms with Crippen LogP contribution in [0.25, 0.3) is 0 Å². The van der Waals surface area contributed by atoms with Crippen LogP contribution in [0.4, 0.5) is 0 Å². The molecule has 0 N–H and O–H groups in total. The number of carbonyl (C=O) groups excluding carboxylic acids is 2. The zero-order chi connectivity index (χ0) is 11.0. The van der Waals surface area contributed by atoms with Crippen LogP contribution in [-0.4, -0.2) is 36.0 Å². The molecule has 2 rings (SSSR count). The minimum Gasteiger partial charge on any atom is -0.391 e. The summed E-state index contributed by atoms with van der Waals surface area (Å²) in [6, 6.07) is 0.372. The van der Waals surface area contributed by atoms with Crippen molar-refractivity contribution in [3.05, 3.63) is 0 Å². The maximum atomic E-state index is 11.1. The molecular weight excluding hydrogens is 194 g/mol. The van der Waals surface area contributed by atoms with Crippen molar-refractivity contribution in [3.8, 4) is 0 Å². The Morgan fingerprint density at radius 2 is 1.73 bits per heavy atom. The van der Waals surface area contributed by atoms with Gasteiger partial charge < -0.3 is 4.74 Å². The molecule has 0 amide bonds. The van der Waals surface area contributed by atoms with Crippen LogP contribution in [-0.2, 0) is 14.3 Å². The maximum Gasteiger partial charge on any atom is 0.327 e. The van der Waals surface area contributed by atoms with E-state index in [-0.39, 0.29) is 13.1 Å². The first-order valence-electron chi connectivity index (χ1n) is 5.55. The SMILES string of the molecule is CC1CCC(N2CC(=O)OC(=O)C2)C1C. The van der Waals surface area contributed by atoms with Gasteiger partial charge in [0, 0.05) is 6.04 Å². The fraction of sp³-hybridized carbons (Fsp3) is 0.818. The van der Waals surface area contributed by atoms with Gasteiger partial charge in [-0.25, -0.2) is 0 Å². The highest BCUT2D eigenvalue weighted by Gasteiger charge is 2.38. The monoisotopic (exact) mass is 211 g/mol. The van der Waals surface area contributed by atoms with Crippen molar-refractivity contribution in [3.63, 3.8) is 0 Å². The summed E-state index contributed by atoms with van der Waals surface area (Å²) in [6.07, 6.45) is 2.27. The summed E-state index contributed by atoms with van der Waals surface area (Å²) < 4.78 is 4.52. The van der Waals surface area contributed by atoms with Gasteiger partial charge in [-0.05, 0) is 24.7 Å². The third-order valence-corrected chi connectivity index (χ3v) is 3.78. The number of rotatable bonds is 1. The molecule has 2 aliphatic rings. The molecule has 1 heterocycles. The Bertz CT molecular complexity index is 274. The first-order chi connectivity index (χ1) is 7.08. The maximum absolute atomic E-state index is 11.1. The molecule has 84 valence electrons. The molecule has 3 unspecified atom stereocenters. The lowest BCUT2D eigenvalue weighted by Gasteiger charge is -2.33. The number of cyclic esters (lactones) is 2. The van der Waals surface area contributed by atoms with Gasteiger partial charge in [-0.2, -0.15) is 0 Å². The summed E-state index contributed by atoms with van der Waals surface area (Å²) in [5.41, 5.74) is 0. The highest BCUT2D eigenvalue weighted by Crippen LogP contribution is 2.34. The zero-order valence-corrected chi connectivity index (χ0v) is 9.23. The zero-order valence-electron chi connectivity index (χ0n) is 9.23. The third-order valence-electron chi connectivity index (χ3n) is 3.78. The molecule has 15 heavy (non-hydrogen) atoms. The van der Waals surface area contributed by atoms with Crippen LogP contribution in [0, 0.1) is 11.8 Å². The molecule has 0 aromatic rings. The molecule has 1 aliphatic heterocycles. The minimum absolute atomic E-state index is 0.271. The van der Waals surface area contributed by atoms with E-state index in [0.717, 1.165) is 6.42 Å². The Hall–Kier alpha value is -0.900. The van der Waals surface area contributed by atoms with E-state index >= 15 is 0 Å². The second kappa shape index (κ2) is 3.93. The molecule has 3 atom stereocenters. The lowest BCUT2D eigenvalue weighted by atomic mass is 9.96. The number of hydrogen-bond donors (Lipinski definition) is 0. The summed E-state index contributed by atoms with van der Waals surface area (Å²) in [5.74, 6) is 0.433. The number of hydrogen-bond acceptors (Lipinski definition) is 4. The van der Waals surface area contributed by atoms with E-state index in [9.17, 15) is 9.59 Å². The average Bonchev–Trinajstić information content (AvgIpc) is 2.46. The Morgan fingerprint density at radius 3 is 2.20 bits per heavy atom. The van der Waals surface area contributed by atoms with E-state index in [1.807, 2.05) is 4.90 Å². The number of carbonyl (C=O) groups is 2. The molecule has 0 aromatic heterocycles. The number of ether oxygens (including phenoxy) is 1. The van der Waals surface area contributed by atoms with Gasteiger partial charge in [-0.3, -0.25) is 14.5 Å². The molecule has 0 aromatic carbocycles. The topological polar surface area (TPSA) is 46.6 Å². The van der Waals surface area contributed by atoms with Crippen LogP contribution in [0.5, 0.6) is 0 Å². The first-order valence-corrected chi connectivity index (χ1v) is 5.55. The fourth-order valence-electron chi connectivity index (χ4n) is 2.67. The molecule has 4 heteroatoms. The lowest BCUT2D eigenvalue weighted by molar-refractivity contribution is -0.168. The summed E-state index contributed by atoms with van der Waals surface area (Å²) >= 11 is 0. The van der Waals surface area contributed by atoms with Crippen molar-refractivity contribution in [1.82, 2.24) is 4.90 Å². The Kier molecular flexibility index (Phi) is 2.78. The second-order valence-electron chi connectivity index (χ2n) is 4.73. The quantitative estimate of drug-likeness (QED) is 0.475. The number of esters is 2. The predicted octanol–water partition coefficient (Wildman–Crippen LogP) is 0.806. The molecule has 1 saturated carbocycles. The standard InChI is InChI=1S/C11H17NO3/c1-7-3-4-9(8(7)2)12-5-10(13)15-11(14)6-12/h7-9H,3-6H2,1-2H3. The van der Waals surface area contributed by atoms with E-state index in [4.69, 9.17) is 0 Å². The van der Waals surface area contributed by atoms with Gasteiger partial charge in [-0.1, -0.05) is 13.8 Å². The van der Waals surface area contributed by atoms with Crippen LogP contribution in [0.15, 0.2) is 0 Å². The summed E-state index contributed by atoms with van der Waals surface area (Å²) in [4.78, 5) is 24.3. The number of morpholine rings is 1. The highest BCUT2D eigenvalue weighted by atomic mass is 16.6. The molecule has 1 saturated heterocycles.